The predicted molar refractivity (Wildman–Crippen MR) is 123 cm³/mol. The molecule has 0 spiro atoms. The normalized spacial score (nSPS) is 17.5. The van der Waals surface area contributed by atoms with E-state index in [1.807, 2.05) is 6.92 Å². The molecule has 0 aliphatic carbocycles. The highest BCUT2D eigenvalue weighted by Crippen LogP contribution is 2.37. The average Bonchev–Trinajstić information content (AvgIpc) is 2.86. The highest BCUT2D eigenvalue weighted by molar-refractivity contribution is 5.92. The van der Waals surface area contributed by atoms with Crippen molar-refractivity contribution in [2.24, 2.45) is 0 Å². The van der Waals surface area contributed by atoms with Crippen molar-refractivity contribution in [3.8, 4) is 11.5 Å². The summed E-state index contributed by atoms with van der Waals surface area (Å²) in [7, 11) is 0. The van der Waals surface area contributed by atoms with Gasteiger partial charge in [0.15, 0.2) is 11.5 Å². The molecule has 1 aliphatic rings. The van der Waals surface area contributed by atoms with Crippen molar-refractivity contribution in [1.82, 2.24) is 9.97 Å². The van der Waals surface area contributed by atoms with E-state index in [0.717, 1.165) is 18.6 Å². The summed E-state index contributed by atoms with van der Waals surface area (Å²) in [5, 5.41) is 3.89. The van der Waals surface area contributed by atoms with Gasteiger partial charge in [-0.2, -0.15) is 13.2 Å². The Labute approximate surface area is 195 Å². The number of rotatable bonds is 4. The Morgan fingerprint density at radius 2 is 1.91 bits per heavy atom. The molecule has 2 atom stereocenters. The molecule has 7 nitrogen and oxygen atoms in total. The molecule has 3 N–H and O–H groups in total. The summed E-state index contributed by atoms with van der Waals surface area (Å²) < 4.78 is 57.4. The van der Waals surface area contributed by atoms with Gasteiger partial charge < -0.3 is 25.3 Å². The smallest absolute Gasteiger partial charge is 0.416 e. The summed E-state index contributed by atoms with van der Waals surface area (Å²) in [6.07, 6.45) is -3.89. The number of halogens is 3. The fourth-order valence-electron chi connectivity index (χ4n) is 3.79. The molecule has 0 fully saturated rings. The number of alkyl halides is 3. The Morgan fingerprint density at radius 3 is 2.65 bits per heavy atom. The van der Waals surface area contributed by atoms with Gasteiger partial charge in [-0.1, -0.05) is 6.92 Å². The Morgan fingerprint density at radius 1 is 1.12 bits per heavy atom. The molecule has 1 aliphatic heterocycles. The molecular weight excluding hydrogens is 449 g/mol. The third-order valence-electron chi connectivity index (χ3n) is 5.57. The number of hydrogen-bond acceptors (Lipinski definition) is 7. The van der Waals surface area contributed by atoms with Gasteiger partial charge in [-0.15, -0.1) is 0 Å². The molecule has 4 rings (SSSR count). The van der Waals surface area contributed by atoms with Crippen LogP contribution in [-0.2, 0) is 10.9 Å². The quantitative estimate of drug-likeness (QED) is 0.495. The molecular formula is C24H27F3N4O3. The van der Waals surface area contributed by atoms with E-state index < -0.39 is 17.8 Å². The Bertz CT molecular complexity index is 1190. The third kappa shape index (κ3) is 5.27. The van der Waals surface area contributed by atoms with Crippen molar-refractivity contribution in [2.45, 2.75) is 45.5 Å². The molecule has 0 bridgehead atoms. The van der Waals surface area contributed by atoms with E-state index in [-0.39, 0.29) is 11.8 Å². The first-order valence-corrected chi connectivity index (χ1v) is 11.1. The lowest BCUT2D eigenvalue weighted by Crippen LogP contribution is -2.22. The van der Waals surface area contributed by atoms with Crippen LogP contribution < -0.4 is 20.5 Å². The van der Waals surface area contributed by atoms with E-state index in [4.69, 9.17) is 19.9 Å². The number of nitrogens with zero attached hydrogens (tertiary/aromatic N) is 2. The van der Waals surface area contributed by atoms with E-state index in [2.05, 4.69) is 15.3 Å². The molecule has 0 radical (unpaired) electrons. The maximum atomic E-state index is 13.3. The number of benzene rings is 2. The van der Waals surface area contributed by atoms with Crippen molar-refractivity contribution < 1.29 is 27.4 Å². The number of ether oxygens (including phenoxy) is 3. The highest BCUT2D eigenvalue weighted by Gasteiger charge is 2.31. The largest absolute Gasteiger partial charge is 0.487 e. The number of nitrogens with two attached hydrogens (primary N) is 1. The summed E-state index contributed by atoms with van der Waals surface area (Å²) in [6, 6.07) is 6.60. The van der Waals surface area contributed by atoms with Gasteiger partial charge in [0, 0.05) is 17.1 Å². The van der Waals surface area contributed by atoms with Crippen molar-refractivity contribution in [3.63, 3.8) is 0 Å². The highest BCUT2D eigenvalue weighted by atomic mass is 19.4. The monoisotopic (exact) mass is 476 g/mol. The first-order valence-electron chi connectivity index (χ1n) is 11.1. The number of hydrogen-bond donors (Lipinski definition) is 2. The minimum Gasteiger partial charge on any atom is -0.487 e. The van der Waals surface area contributed by atoms with Crippen LogP contribution in [0.2, 0.25) is 0 Å². The lowest BCUT2D eigenvalue weighted by molar-refractivity contribution is -0.137. The molecule has 0 saturated carbocycles. The van der Waals surface area contributed by atoms with Crippen LogP contribution in [0, 0.1) is 6.92 Å². The third-order valence-corrected chi connectivity index (χ3v) is 5.57. The Hall–Kier alpha value is -3.27. The molecule has 2 heterocycles. The molecule has 0 amide bonds. The standard InChI is InChI=1S/C24H27F3N4O3/c1-4-18-12-32-5-6-33-21-11-20-19(10-22(21)34-18)23(31-14(3)30-20)29-13(2)15-7-16(24(25,26)27)9-17(28)8-15/h7-11,13,18H,4-6,12,28H2,1-3H3,(H,29,30,31)/t13-,18+/m1/s1. The van der Waals surface area contributed by atoms with Crippen LogP contribution in [0.15, 0.2) is 30.3 Å². The fourth-order valence-corrected chi connectivity index (χ4v) is 3.79. The van der Waals surface area contributed by atoms with Gasteiger partial charge in [-0.3, -0.25) is 0 Å². The van der Waals surface area contributed by atoms with Gasteiger partial charge >= 0.3 is 6.18 Å². The first kappa shape index (κ1) is 23.9. The van der Waals surface area contributed by atoms with Gasteiger partial charge in [0.05, 0.1) is 30.3 Å². The van der Waals surface area contributed by atoms with Gasteiger partial charge in [0.25, 0.3) is 0 Å². The minimum atomic E-state index is -4.49. The molecule has 2 aromatic carbocycles. The number of fused-ring (bicyclic) bond motifs is 2. The summed E-state index contributed by atoms with van der Waals surface area (Å²) in [5.41, 5.74) is 6.01. The van der Waals surface area contributed by atoms with Crippen molar-refractivity contribution in [3.05, 3.63) is 47.3 Å². The van der Waals surface area contributed by atoms with Crippen molar-refractivity contribution in [1.29, 1.82) is 0 Å². The molecule has 1 aromatic heterocycles. The van der Waals surface area contributed by atoms with Crippen LogP contribution in [0.1, 0.15) is 43.3 Å². The van der Waals surface area contributed by atoms with Gasteiger partial charge in [-0.05, 0) is 50.1 Å². The van der Waals surface area contributed by atoms with E-state index in [1.165, 1.54) is 6.07 Å². The Kier molecular flexibility index (Phi) is 6.70. The van der Waals surface area contributed by atoms with Crippen LogP contribution in [0.25, 0.3) is 10.9 Å². The van der Waals surface area contributed by atoms with Crippen LogP contribution in [0.3, 0.4) is 0 Å². The van der Waals surface area contributed by atoms with E-state index in [9.17, 15) is 13.2 Å². The lowest BCUT2D eigenvalue weighted by atomic mass is 10.0. The average molecular weight is 476 g/mol. The van der Waals surface area contributed by atoms with Crippen molar-refractivity contribution in [2.75, 3.05) is 30.9 Å². The van der Waals surface area contributed by atoms with Gasteiger partial charge in [0.2, 0.25) is 0 Å². The lowest BCUT2D eigenvalue weighted by Gasteiger charge is -2.21. The second kappa shape index (κ2) is 9.54. The van der Waals surface area contributed by atoms with Crippen LogP contribution in [0.5, 0.6) is 11.5 Å². The number of nitrogens with one attached hydrogen (secondary N) is 1. The van der Waals surface area contributed by atoms with Gasteiger partial charge in [-0.25, -0.2) is 9.97 Å². The number of aryl methyl sites for hydroxylation is 1. The maximum absolute atomic E-state index is 13.3. The van der Waals surface area contributed by atoms with Gasteiger partial charge in [0.1, 0.15) is 24.4 Å². The van der Waals surface area contributed by atoms with E-state index >= 15 is 0 Å². The second-order valence-corrected chi connectivity index (χ2v) is 8.26. The Balaban J connectivity index is 1.73. The van der Waals surface area contributed by atoms with Crippen LogP contribution >= 0.6 is 0 Å². The summed E-state index contributed by atoms with van der Waals surface area (Å²) in [6.45, 7) is 6.78. The zero-order valence-electron chi connectivity index (χ0n) is 19.2. The maximum Gasteiger partial charge on any atom is 0.416 e. The van der Waals surface area contributed by atoms with Crippen molar-refractivity contribution >= 4 is 22.4 Å². The number of aromatic nitrogens is 2. The number of nitrogen functional groups attached to an aromatic ring is 1. The fraction of sp³-hybridized carbons (Fsp3) is 0.417. The SMILES string of the molecule is CC[C@H]1COCCOc2cc3nc(C)nc(N[C@H](C)c4cc(N)cc(C(F)(F)F)c4)c3cc2O1. The van der Waals surface area contributed by atoms with E-state index in [1.54, 1.807) is 26.0 Å². The predicted octanol–water partition coefficient (Wildman–Crippen LogP) is 5.28. The molecule has 0 saturated heterocycles. The zero-order chi connectivity index (χ0) is 24.5. The molecule has 3 aromatic rings. The summed E-state index contributed by atoms with van der Waals surface area (Å²) in [5.74, 6) is 2.07. The second-order valence-electron chi connectivity index (χ2n) is 8.26. The van der Waals surface area contributed by atoms with Crippen LogP contribution in [-0.4, -0.2) is 35.9 Å². The minimum absolute atomic E-state index is 0.0398. The number of anilines is 2. The van der Waals surface area contributed by atoms with E-state index in [0.29, 0.717) is 59.4 Å². The summed E-state index contributed by atoms with van der Waals surface area (Å²) >= 11 is 0. The zero-order valence-corrected chi connectivity index (χ0v) is 19.2. The topological polar surface area (TPSA) is 91.5 Å². The molecule has 34 heavy (non-hydrogen) atoms. The van der Waals surface area contributed by atoms with Crippen LogP contribution in [0.4, 0.5) is 24.7 Å². The summed E-state index contributed by atoms with van der Waals surface area (Å²) in [4.78, 5) is 9.03. The molecule has 182 valence electrons. The first-order chi connectivity index (χ1) is 16.1. The molecule has 10 heteroatoms. The molecule has 0 unspecified atom stereocenters.